The Morgan fingerprint density at radius 2 is 1.89 bits per heavy atom. The molecule has 98 valence electrons. The predicted octanol–water partition coefficient (Wildman–Crippen LogP) is 5.33. The van der Waals surface area contributed by atoms with Crippen LogP contribution in [0, 0.1) is 11.3 Å². The van der Waals surface area contributed by atoms with Gasteiger partial charge in [0.25, 0.3) is 0 Å². The van der Waals surface area contributed by atoms with E-state index in [0.717, 1.165) is 12.1 Å². The van der Waals surface area contributed by atoms with Gasteiger partial charge in [0.2, 0.25) is 0 Å². The monoisotopic (exact) mass is 253 g/mol. The zero-order valence-electron chi connectivity index (χ0n) is 11.7. The molecular formula is C16H19N3. The van der Waals surface area contributed by atoms with Crippen molar-refractivity contribution in [3.63, 3.8) is 0 Å². The first-order valence-corrected chi connectivity index (χ1v) is 6.53. The van der Waals surface area contributed by atoms with Gasteiger partial charge < -0.3 is 0 Å². The topological polar surface area (TPSA) is 48.8 Å². The zero-order chi connectivity index (χ0) is 13.9. The molecule has 0 N–H and O–H groups in total. The van der Waals surface area contributed by atoms with Crippen molar-refractivity contribution < 1.29 is 0 Å². The van der Waals surface area contributed by atoms with Crippen LogP contribution in [0.1, 0.15) is 32.8 Å². The van der Waals surface area contributed by atoms with Crippen LogP contribution in [-0.2, 0) is 0 Å². The lowest BCUT2D eigenvalue weighted by atomic mass is 9.74. The van der Waals surface area contributed by atoms with Gasteiger partial charge in [0, 0.05) is 10.6 Å². The maximum absolute atomic E-state index is 8.65. The SMILES string of the molecule is CC(C)(C)C1C=C(N=[N+]=[N-])C=C(c2ccccc2)C1. The summed E-state index contributed by atoms with van der Waals surface area (Å²) in [6.07, 6.45) is 5.07. The molecule has 0 bridgehead atoms. The predicted molar refractivity (Wildman–Crippen MR) is 79.2 cm³/mol. The van der Waals surface area contributed by atoms with Crippen LogP contribution >= 0.6 is 0 Å². The van der Waals surface area contributed by atoms with Crippen LogP contribution in [0.3, 0.4) is 0 Å². The molecule has 0 spiro atoms. The number of hydrogen-bond donors (Lipinski definition) is 0. The number of azide groups is 1. The van der Waals surface area contributed by atoms with Gasteiger partial charge in [0.1, 0.15) is 0 Å². The van der Waals surface area contributed by atoms with Gasteiger partial charge in [-0.3, -0.25) is 0 Å². The number of hydrogen-bond acceptors (Lipinski definition) is 1. The molecule has 19 heavy (non-hydrogen) atoms. The molecule has 2 rings (SSSR count). The number of benzene rings is 1. The molecule has 1 unspecified atom stereocenters. The molecule has 1 aromatic carbocycles. The summed E-state index contributed by atoms with van der Waals surface area (Å²) in [5.41, 5.74) is 12.0. The van der Waals surface area contributed by atoms with Gasteiger partial charge in [-0.05, 0) is 40.5 Å². The molecular weight excluding hydrogens is 234 g/mol. The molecule has 3 nitrogen and oxygen atoms in total. The largest absolute Gasteiger partial charge is 0.0710 e. The van der Waals surface area contributed by atoms with Crippen LogP contribution < -0.4 is 0 Å². The maximum Gasteiger partial charge on any atom is 0.0341 e. The Hall–Kier alpha value is -1.99. The molecule has 0 radical (unpaired) electrons. The highest BCUT2D eigenvalue weighted by Crippen LogP contribution is 2.39. The summed E-state index contributed by atoms with van der Waals surface area (Å²) >= 11 is 0. The second kappa shape index (κ2) is 5.33. The van der Waals surface area contributed by atoms with Gasteiger partial charge in [-0.1, -0.05) is 62.3 Å². The maximum atomic E-state index is 8.65. The van der Waals surface area contributed by atoms with Crippen LogP contribution in [0.15, 0.2) is 53.3 Å². The summed E-state index contributed by atoms with van der Waals surface area (Å²) in [5.74, 6) is 0.383. The van der Waals surface area contributed by atoms with Crippen LogP contribution in [0.25, 0.3) is 16.0 Å². The van der Waals surface area contributed by atoms with Crippen molar-refractivity contribution in [2.24, 2.45) is 16.4 Å². The zero-order valence-corrected chi connectivity index (χ0v) is 11.7. The van der Waals surface area contributed by atoms with Crippen LogP contribution in [0.4, 0.5) is 0 Å². The third-order valence-electron chi connectivity index (χ3n) is 3.55. The van der Waals surface area contributed by atoms with E-state index in [0.29, 0.717) is 5.92 Å². The molecule has 1 aliphatic carbocycles. The van der Waals surface area contributed by atoms with Gasteiger partial charge >= 0.3 is 0 Å². The average Bonchev–Trinajstić information content (AvgIpc) is 2.39. The van der Waals surface area contributed by atoms with Gasteiger partial charge in [0.05, 0.1) is 0 Å². The van der Waals surface area contributed by atoms with E-state index in [-0.39, 0.29) is 5.41 Å². The average molecular weight is 253 g/mol. The van der Waals surface area contributed by atoms with Crippen molar-refractivity contribution in [3.8, 4) is 0 Å². The lowest BCUT2D eigenvalue weighted by Gasteiger charge is -2.32. The summed E-state index contributed by atoms with van der Waals surface area (Å²) in [7, 11) is 0. The smallest absolute Gasteiger partial charge is 0.0341 e. The van der Waals surface area contributed by atoms with Crippen LogP contribution in [0.2, 0.25) is 0 Å². The first-order chi connectivity index (χ1) is 9.00. The van der Waals surface area contributed by atoms with Gasteiger partial charge in [0.15, 0.2) is 0 Å². The second-order valence-electron chi connectivity index (χ2n) is 5.99. The number of allylic oxidation sites excluding steroid dienone is 3. The third kappa shape index (κ3) is 3.27. The Bertz CT molecular complexity index is 555. The Morgan fingerprint density at radius 3 is 2.47 bits per heavy atom. The van der Waals surface area contributed by atoms with E-state index in [4.69, 9.17) is 5.53 Å². The molecule has 1 aliphatic rings. The standard InChI is InChI=1S/C16H19N3/c1-16(2,3)14-9-13(10-15(11-14)18-19-17)12-7-5-4-6-8-12/h4-8,10-11,14H,9H2,1-3H3. The van der Waals surface area contributed by atoms with Crippen LogP contribution in [0.5, 0.6) is 0 Å². The summed E-state index contributed by atoms with van der Waals surface area (Å²) in [6, 6.07) is 10.3. The molecule has 1 atom stereocenters. The highest BCUT2D eigenvalue weighted by Gasteiger charge is 2.26. The molecule has 1 aromatic rings. The first-order valence-electron chi connectivity index (χ1n) is 6.53. The van der Waals surface area contributed by atoms with Gasteiger partial charge in [-0.15, -0.1) is 0 Å². The molecule has 3 heteroatoms. The molecule has 0 saturated carbocycles. The fourth-order valence-corrected chi connectivity index (χ4v) is 2.31. The van der Waals surface area contributed by atoms with E-state index < -0.39 is 0 Å². The van der Waals surface area contributed by atoms with Crippen molar-refractivity contribution in [2.75, 3.05) is 0 Å². The van der Waals surface area contributed by atoms with E-state index in [1.54, 1.807) is 0 Å². The second-order valence-corrected chi connectivity index (χ2v) is 5.99. The van der Waals surface area contributed by atoms with Crippen molar-refractivity contribution in [1.82, 2.24) is 0 Å². The van der Waals surface area contributed by atoms with E-state index >= 15 is 0 Å². The normalized spacial score (nSPS) is 19.2. The fourth-order valence-electron chi connectivity index (χ4n) is 2.31. The highest BCUT2D eigenvalue weighted by atomic mass is 15.1. The van der Waals surface area contributed by atoms with E-state index in [2.05, 4.69) is 49.0 Å². The van der Waals surface area contributed by atoms with Gasteiger partial charge in [-0.25, -0.2) is 0 Å². The Labute approximate surface area is 114 Å². The minimum atomic E-state index is 0.157. The summed E-state index contributed by atoms with van der Waals surface area (Å²) in [5, 5.41) is 3.79. The number of rotatable bonds is 2. The Kier molecular flexibility index (Phi) is 3.77. The van der Waals surface area contributed by atoms with Crippen molar-refractivity contribution in [1.29, 1.82) is 0 Å². The molecule has 0 aliphatic heterocycles. The third-order valence-corrected chi connectivity index (χ3v) is 3.55. The molecule has 0 aromatic heterocycles. The molecule has 0 amide bonds. The Balaban J connectivity index is 2.40. The van der Waals surface area contributed by atoms with Crippen molar-refractivity contribution in [2.45, 2.75) is 27.2 Å². The fraction of sp³-hybridized carbons (Fsp3) is 0.375. The molecule has 0 heterocycles. The van der Waals surface area contributed by atoms with E-state index in [9.17, 15) is 0 Å². The van der Waals surface area contributed by atoms with Crippen molar-refractivity contribution >= 4 is 5.57 Å². The quantitative estimate of drug-likeness (QED) is 0.388. The number of nitrogens with zero attached hydrogens (tertiary/aromatic N) is 3. The van der Waals surface area contributed by atoms with Crippen LogP contribution in [-0.4, -0.2) is 0 Å². The molecule has 0 fully saturated rings. The summed E-state index contributed by atoms with van der Waals surface area (Å²) in [4.78, 5) is 2.92. The molecule has 0 saturated heterocycles. The minimum absolute atomic E-state index is 0.157. The minimum Gasteiger partial charge on any atom is -0.0710 e. The van der Waals surface area contributed by atoms with Crippen molar-refractivity contribution in [3.05, 3.63) is 64.2 Å². The summed E-state index contributed by atoms with van der Waals surface area (Å²) in [6.45, 7) is 6.65. The van der Waals surface area contributed by atoms with E-state index in [1.807, 2.05) is 24.3 Å². The summed E-state index contributed by atoms with van der Waals surface area (Å²) < 4.78 is 0. The highest BCUT2D eigenvalue weighted by molar-refractivity contribution is 5.70. The van der Waals surface area contributed by atoms with Gasteiger partial charge in [-0.2, -0.15) is 0 Å². The lowest BCUT2D eigenvalue weighted by molar-refractivity contribution is 0.295. The Morgan fingerprint density at radius 1 is 1.21 bits per heavy atom. The first kappa shape index (κ1) is 13.4. The lowest BCUT2D eigenvalue weighted by Crippen LogP contribution is -2.21. The van der Waals surface area contributed by atoms with E-state index in [1.165, 1.54) is 11.1 Å².